The van der Waals surface area contributed by atoms with Gasteiger partial charge in [0, 0.05) is 31.2 Å². The summed E-state index contributed by atoms with van der Waals surface area (Å²) in [5, 5.41) is 7.69. The number of nitrogens with one attached hydrogen (secondary N) is 1. The largest absolute Gasteiger partial charge is 0.360 e. The van der Waals surface area contributed by atoms with E-state index in [1.165, 1.54) is 32.1 Å². The maximum Gasteiger partial charge on any atom is 0.150 e. The second-order valence-electron chi connectivity index (χ2n) is 7.13. The summed E-state index contributed by atoms with van der Waals surface area (Å²) in [4.78, 5) is 2.61. The van der Waals surface area contributed by atoms with Crippen molar-refractivity contribution in [2.24, 2.45) is 11.8 Å². The summed E-state index contributed by atoms with van der Waals surface area (Å²) in [5.74, 6) is 2.52. The average Bonchev–Trinajstić information content (AvgIpc) is 3.01. The van der Waals surface area contributed by atoms with Crippen molar-refractivity contribution in [3.05, 3.63) is 18.0 Å². The molecule has 1 aromatic rings. The van der Waals surface area contributed by atoms with Crippen LogP contribution in [0.3, 0.4) is 0 Å². The van der Waals surface area contributed by atoms with Gasteiger partial charge in [-0.15, -0.1) is 0 Å². The lowest BCUT2D eigenvalue weighted by atomic mass is 9.82. The van der Waals surface area contributed by atoms with E-state index < -0.39 is 0 Å². The number of rotatable bonds is 4. The quantitative estimate of drug-likeness (QED) is 0.925. The second-order valence-corrected chi connectivity index (χ2v) is 7.13. The predicted molar refractivity (Wildman–Crippen MR) is 83.9 cm³/mol. The molecule has 1 aliphatic heterocycles. The molecular weight excluding hydrogens is 262 g/mol. The fraction of sp³-hybridized carbons (Fsp3) is 0.824. The molecule has 21 heavy (non-hydrogen) atoms. The highest BCUT2D eigenvalue weighted by atomic mass is 16.5. The third-order valence-corrected chi connectivity index (χ3v) is 5.33. The van der Waals surface area contributed by atoms with Crippen LogP contribution in [-0.2, 0) is 6.54 Å². The fourth-order valence-corrected chi connectivity index (χ4v) is 4.07. The van der Waals surface area contributed by atoms with E-state index in [0.717, 1.165) is 31.3 Å². The molecule has 118 valence electrons. The van der Waals surface area contributed by atoms with Crippen LogP contribution < -0.4 is 5.32 Å². The Morgan fingerprint density at radius 2 is 2.14 bits per heavy atom. The molecule has 2 fully saturated rings. The lowest BCUT2D eigenvalue weighted by molar-refractivity contribution is 0.0589. The molecule has 2 aliphatic rings. The minimum absolute atomic E-state index is 0.593. The summed E-state index contributed by atoms with van der Waals surface area (Å²) in [6, 6.07) is 3.24. The van der Waals surface area contributed by atoms with E-state index in [9.17, 15) is 0 Å². The average molecular weight is 291 g/mol. The van der Waals surface area contributed by atoms with Gasteiger partial charge in [0.15, 0.2) is 5.76 Å². The van der Waals surface area contributed by atoms with Crippen LogP contribution in [0.15, 0.2) is 16.8 Å². The van der Waals surface area contributed by atoms with Crippen molar-refractivity contribution in [3.63, 3.8) is 0 Å². The van der Waals surface area contributed by atoms with Crippen molar-refractivity contribution in [1.82, 2.24) is 15.4 Å². The molecule has 0 amide bonds. The maximum absolute atomic E-state index is 5.33. The van der Waals surface area contributed by atoms with E-state index in [0.29, 0.717) is 18.0 Å². The Morgan fingerprint density at radius 1 is 1.33 bits per heavy atom. The number of piperazine rings is 1. The van der Waals surface area contributed by atoms with Gasteiger partial charge in [0.05, 0.1) is 12.7 Å². The first-order valence-corrected chi connectivity index (χ1v) is 8.61. The third kappa shape index (κ3) is 3.67. The summed E-state index contributed by atoms with van der Waals surface area (Å²) in [6.45, 7) is 7.79. The molecule has 1 saturated heterocycles. The van der Waals surface area contributed by atoms with Crippen molar-refractivity contribution >= 4 is 0 Å². The number of nitrogens with zero attached hydrogens (tertiary/aromatic N) is 2. The van der Waals surface area contributed by atoms with Crippen LogP contribution in [0.1, 0.15) is 51.7 Å². The van der Waals surface area contributed by atoms with E-state index in [1.54, 1.807) is 6.20 Å². The van der Waals surface area contributed by atoms with Crippen LogP contribution in [0.4, 0.5) is 0 Å². The molecule has 2 heterocycles. The van der Waals surface area contributed by atoms with Crippen molar-refractivity contribution in [1.29, 1.82) is 0 Å². The van der Waals surface area contributed by atoms with Gasteiger partial charge in [0.2, 0.25) is 0 Å². The Morgan fingerprint density at radius 3 is 2.81 bits per heavy atom. The van der Waals surface area contributed by atoms with Gasteiger partial charge in [0.25, 0.3) is 0 Å². The highest BCUT2D eigenvalue weighted by molar-refractivity contribution is 4.98. The Bertz CT molecular complexity index is 412. The summed E-state index contributed by atoms with van der Waals surface area (Å²) in [6.07, 6.45) is 8.82. The summed E-state index contributed by atoms with van der Waals surface area (Å²) in [7, 11) is 0. The van der Waals surface area contributed by atoms with E-state index in [2.05, 4.69) is 29.2 Å². The zero-order valence-corrected chi connectivity index (χ0v) is 13.4. The van der Waals surface area contributed by atoms with Crippen molar-refractivity contribution in [2.75, 3.05) is 13.1 Å². The number of hydrogen-bond donors (Lipinski definition) is 1. The molecule has 0 aromatic carbocycles. The van der Waals surface area contributed by atoms with E-state index in [-0.39, 0.29) is 0 Å². The van der Waals surface area contributed by atoms with Crippen LogP contribution >= 0.6 is 0 Å². The summed E-state index contributed by atoms with van der Waals surface area (Å²) in [5.41, 5.74) is 0. The first kappa shape index (κ1) is 15.0. The van der Waals surface area contributed by atoms with Crippen LogP contribution in [0.5, 0.6) is 0 Å². The van der Waals surface area contributed by atoms with Gasteiger partial charge in [-0.2, -0.15) is 0 Å². The zero-order chi connectivity index (χ0) is 14.7. The van der Waals surface area contributed by atoms with Crippen LogP contribution in [0.25, 0.3) is 0 Å². The predicted octanol–water partition coefficient (Wildman–Crippen LogP) is 3.05. The molecular formula is C17H29N3O. The normalized spacial score (nSPS) is 29.1. The Kier molecular flexibility index (Phi) is 4.96. The molecule has 1 saturated carbocycles. The third-order valence-electron chi connectivity index (χ3n) is 5.33. The van der Waals surface area contributed by atoms with E-state index in [1.807, 2.05) is 6.07 Å². The SMILES string of the molecule is CC(C)C1CNC(C2CCCCC2)CN1Cc1ccno1. The smallest absolute Gasteiger partial charge is 0.150 e. The molecule has 0 spiro atoms. The van der Waals surface area contributed by atoms with Gasteiger partial charge in [-0.1, -0.05) is 38.3 Å². The topological polar surface area (TPSA) is 41.3 Å². The number of aromatic nitrogens is 1. The minimum Gasteiger partial charge on any atom is -0.360 e. The first-order valence-electron chi connectivity index (χ1n) is 8.61. The molecule has 4 nitrogen and oxygen atoms in total. The van der Waals surface area contributed by atoms with E-state index >= 15 is 0 Å². The van der Waals surface area contributed by atoms with Crippen LogP contribution in [-0.4, -0.2) is 35.2 Å². The Hall–Kier alpha value is -0.870. The van der Waals surface area contributed by atoms with E-state index in [4.69, 9.17) is 4.52 Å². The summed E-state index contributed by atoms with van der Waals surface area (Å²) < 4.78 is 5.33. The fourth-order valence-electron chi connectivity index (χ4n) is 4.07. The molecule has 2 atom stereocenters. The molecule has 1 aliphatic carbocycles. The maximum atomic E-state index is 5.33. The van der Waals surface area contributed by atoms with Crippen molar-refractivity contribution < 1.29 is 4.52 Å². The lowest BCUT2D eigenvalue weighted by Gasteiger charge is -2.45. The van der Waals surface area contributed by atoms with Crippen molar-refractivity contribution in [2.45, 2.75) is 64.6 Å². The molecule has 1 N–H and O–H groups in total. The van der Waals surface area contributed by atoms with Crippen LogP contribution in [0.2, 0.25) is 0 Å². The highest BCUT2D eigenvalue weighted by Crippen LogP contribution is 2.29. The first-order chi connectivity index (χ1) is 10.2. The van der Waals surface area contributed by atoms with Gasteiger partial charge >= 0.3 is 0 Å². The Labute approximate surface area is 128 Å². The molecule has 4 heteroatoms. The minimum atomic E-state index is 0.593. The Balaban J connectivity index is 1.65. The highest BCUT2D eigenvalue weighted by Gasteiger charge is 2.34. The van der Waals surface area contributed by atoms with Gasteiger partial charge in [-0.3, -0.25) is 4.90 Å². The van der Waals surface area contributed by atoms with Gasteiger partial charge in [-0.25, -0.2) is 0 Å². The molecule has 3 rings (SSSR count). The van der Waals surface area contributed by atoms with Gasteiger partial charge < -0.3 is 9.84 Å². The van der Waals surface area contributed by atoms with Crippen LogP contribution in [0, 0.1) is 11.8 Å². The molecule has 1 aromatic heterocycles. The standard InChI is InChI=1S/C17H29N3O/c1-13(2)17-10-18-16(14-6-4-3-5-7-14)12-20(17)11-15-8-9-19-21-15/h8-9,13-14,16-18H,3-7,10-12H2,1-2H3. The second kappa shape index (κ2) is 6.93. The molecule has 0 bridgehead atoms. The van der Waals surface area contributed by atoms with Gasteiger partial charge in [-0.05, 0) is 24.7 Å². The van der Waals surface area contributed by atoms with Crippen molar-refractivity contribution in [3.8, 4) is 0 Å². The molecule has 0 radical (unpaired) electrons. The summed E-state index contributed by atoms with van der Waals surface area (Å²) >= 11 is 0. The lowest BCUT2D eigenvalue weighted by Crippen LogP contribution is -2.59. The van der Waals surface area contributed by atoms with Gasteiger partial charge in [0.1, 0.15) is 0 Å². The zero-order valence-electron chi connectivity index (χ0n) is 13.4. The number of hydrogen-bond acceptors (Lipinski definition) is 4. The molecule has 2 unspecified atom stereocenters. The monoisotopic (exact) mass is 291 g/mol.